The zero-order chi connectivity index (χ0) is 17.3. The van der Waals surface area contributed by atoms with Gasteiger partial charge in [-0.3, -0.25) is 20.6 Å². The third kappa shape index (κ3) is 3.01. The molecule has 2 aromatic rings. The summed E-state index contributed by atoms with van der Waals surface area (Å²) < 4.78 is 6.54. The SMILES string of the molecule is CCOc1ccc(N2C(=N)C(=N)N(c3ccc(I)cc3)C2=S)cc1. The largest absolute Gasteiger partial charge is 0.494 e. The third-order valence-electron chi connectivity index (χ3n) is 3.54. The number of halogens is 1. The maximum Gasteiger partial charge on any atom is 0.192 e. The molecule has 0 aliphatic carbocycles. The van der Waals surface area contributed by atoms with Crippen molar-refractivity contribution in [3.05, 3.63) is 52.1 Å². The molecule has 3 rings (SSSR count). The highest BCUT2D eigenvalue weighted by Gasteiger charge is 2.37. The van der Waals surface area contributed by atoms with Gasteiger partial charge in [0.15, 0.2) is 16.8 Å². The first kappa shape index (κ1) is 16.8. The first-order valence-corrected chi connectivity index (χ1v) is 8.81. The first-order valence-electron chi connectivity index (χ1n) is 7.33. The predicted molar refractivity (Wildman–Crippen MR) is 110 cm³/mol. The van der Waals surface area contributed by atoms with E-state index in [9.17, 15) is 0 Å². The Labute approximate surface area is 159 Å². The molecule has 2 N–H and O–H groups in total. The molecule has 2 aromatic carbocycles. The Balaban J connectivity index is 1.92. The minimum Gasteiger partial charge on any atom is -0.494 e. The zero-order valence-corrected chi connectivity index (χ0v) is 15.9. The van der Waals surface area contributed by atoms with Crippen LogP contribution in [0.3, 0.4) is 0 Å². The van der Waals surface area contributed by atoms with Gasteiger partial charge in [0, 0.05) is 3.57 Å². The number of thiocarbonyl (C=S) groups is 1. The summed E-state index contributed by atoms with van der Waals surface area (Å²) >= 11 is 7.76. The quantitative estimate of drug-likeness (QED) is 0.540. The number of nitrogens with one attached hydrogen (secondary N) is 2. The summed E-state index contributed by atoms with van der Waals surface area (Å²) in [7, 11) is 0. The van der Waals surface area contributed by atoms with Crippen LogP contribution in [-0.2, 0) is 0 Å². The molecule has 0 aromatic heterocycles. The van der Waals surface area contributed by atoms with Gasteiger partial charge in [-0.05, 0) is 90.3 Å². The summed E-state index contributed by atoms with van der Waals surface area (Å²) in [5.74, 6) is 0.889. The number of nitrogens with zero attached hydrogens (tertiary/aromatic N) is 2. The van der Waals surface area contributed by atoms with E-state index >= 15 is 0 Å². The molecule has 122 valence electrons. The number of anilines is 2. The van der Waals surface area contributed by atoms with E-state index in [0.717, 1.165) is 20.7 Å². The molecule has 1 aliphatic rings. The van der Waals surface area contributed by atoms with E-state index in [0.29, 0.717) is 11.7 Å². The van der Waals surface area contributed by atoms with Crippen LogP contribution in [0.25, 0.3) is 0 Å². The van der Waals surface area contributed by atoms with Gasteiger partial charge in [-0.1, -0.05) is 0 Å². The van der Waals surface area contributed by atoms with Crippen LogP contribution in [0.2, 0.25) is 0 Å². The molecule has 0 bridgehead atoms. The van der Waals surface area contributed by atoms with Crippen molar-refractivity contribution in [1.29, 1.82) is 10.8 Å². The Hall–Kier alpha value is -2.00. The Bertz CT molecular complexity index is 804. The minimum atomic E-state index is 0.0581. The van der Waals surface area contributed by atoms with Gasteiger partial charge in [-0.15, -0.1) is 0 Å². The van der Waals surface area contributed by atoms with Crippen LogP contribution in [0, 0.1) is 14.4 Å². The van der Waals surface area contributed by atoms with Gasteiger partial charge < -0.3 is 4.74 Å². The van der Waals surface area contributed by atoms with E-state index in [1.54, 1.807) is 9.80 Å². The Morgan fingerprint density at radius 2 is 1.38 bits per heavy atom. The van der Waals surface area contributed by atoms with Crippen LogP contribution in [0.15, 0.2) is 48.5 Å². The van der Waals surface area contributed by atoms with Crippen LogP contribution in [0.5, 0.6) is 5.75 Å². The van der Waals surface area contributed by atoms with E-state index < -0.39 is 0 Å². The molecule has 1 aliphatic heterocycles. The lowest BCUT2D eigenvalue weighted by Crippen LogP contribution is -2.32. The summed E-state index contributed by atoms with van der Waals surface area (Å²) in [4.78, 5) is 3.19. The molecule has 0 amide bonds. The molecule has 7 heteroatoms. The van der Waals surface area contributed by atoms with Crippen LogP contribution in [-0.4, -0.2) is 23.4 Å². The van der Waals surface area contributed by atoms with Crippen molar-refractivity contribution >= 4 is 63.0 Å². The van der Waals surface area contributed by atoms with Crippen molar-refractivity contribution in [1.82, 2.24) is 0 Å². The van der Waals surface area contributed by atoms with E-state index in [-0.39, 0.29) is 11.7 Å². The molecule has 5 nitrogen and oxygen atoms in total. The van der Waals surface area contributed by atoms with Crippen molar-refractivity contribution in [3.63, 3.8) is 0 Å². The Morgan fingerprint density at radius 1 is 0.917 bits per heavy atom. The molecule has 0 atom stereocenters. The molecule has 0 unspecified atom stereocenters. The van der Waals surface area contributed by atoms with Gasteiger partial charge in [0.1, 0.15) is 5.75 Å². The standard InChI is InChI=1S/C17H15IN4OS/c1-2-23-14-9-7-13(8-10-14)22-16(20)15(19)21(17(22)24)12-5-3-11(18)4-6-12/h3-10,19-20H,2H2,1H3. The Morgan fingerprint density at radius 3 is 1.83 bits per heavy atom. The molecule has 24 heavy (non-hydrogen) atoms. The highest BCUT2D eigenvalue weighted by Crippen LogP contribution is 2.29. The van der Waals surface area contributed by atoms with E-state index in [2.05, 4.69) is 22.6 Å². The Kier molecular flexibility index (Phi) is 4.81. The highest BCUT2D eigenvalue weighted by atomic mass is 127. The monoisotopic (exact) mass is 450 g/mol. The highest BCUT2D eigenvalue weighted by molar-refractivity contribution is 14.1. The van der Waals surface area contributed by atoms with Crippen LogP contribution >= 0.6 is 34.8 Å². The fraction of sp³-hybridized carbons (Fsp3) is 0.118. The molecule has 1 fully saturated rings. The molecule has 0 spiro atoms. The van der Waals surface area contributed by atoms with Crippen molar-refractivity contribution in [3.8, 4) is 5.75 Å². The summed E-state index contributed by atoms with van der Waals surface area (Å²) in [6, 6.07) is 15.1. The second kappa shape index (κ2) is 6.86. The van der Waals surface area contributed by atoms with Gasteiger partial charge in [0.2, 0.25) is 0 Å². The molecule has 1 saturated heterocycles. The normalized spacial score (nSPS) is 14.5. The van der Waals surface area contributed by atoms with Crippen molar-refractivity contribution in [2.75, 3.05) is 16.4 Å². The maximum atomic E-state index is 8.28. The topological polar surface area (TPSA) is 63.4 Å². The summed E-state index contributed by atoms with van der Waals surface area (Å²) in [5, 5.41) is 16.9. The van der Waals surface area contributed by atoms with Gasteiger partial charge >= 0.3 is 0 Å². The summed E-state index contributed by atoms with van der Waals surface area (Å²) in [6.07, 6.45) is 0. The lowest BCUT2D eigenvalue weighted by Gasteiger charge is -2.20. The number of hydrogen-bond acceptors (Lipinski definition) is 4. The molecule has 1 heterocycles. The van der Waals surface area contributed by atoms with E-state index in [1.165, 1.54) is 0 Å². The van der Waals surface area contributed by atoms with Gasteiger partial charge in [0.25, 0.3) is 0 Å². The van der Waals surface area contributed by atoms with Gasteiger partial charge in [0.05, 0.1) is 18.0 Å². The van der Waals surface area contributed by atoms with Crippen LogP contribution < -0.4 is 14.5 Å². The fourth-order valence-corrected chi connectivity index (χ4v) is 3.18. The maximum absolute atomic E-state index is 8.28. The van der Waals surface area contributed by atoms with E-state index in [1.807, 2.05) is 55.5 Å². The number of ether oxygens (including phenoxy) is 1. The number of hydrogen-bond donors (Lipinski definition) is 2. The smallest absolute Gasteiger partial charge is 0.192 e. The summed E-state index contributed by atoms with van der Waals surface area (Å²) in [5.41, 5.74) is 1.52. The van der Waals surface area contributed by atoms with Crippen LogP contribution in [0.4, 0.5) is 11.4 Å². The van der Waals surface area contributed by atoms with Gasteiger partial charge in [-0.2, -0.15) is 0 Å². The van der Waals surface area contributed by atoms with Gasteiger partial charge in [-0.25, -0.2) is 0 Å². The third-order valence-corrected chi connectivity index (χ3v) is 4.63. The summed E-state index contributed by atoms with van der Waals surface area (Å²) in [6.45, 7) is 2.53. The van der Waals surface area contributed by atoms with Crippen molar-refractivity contribution in [2.24, 2.45) is 0 Å². The number of rotatable bonds is 4. The van der Waals surface area contributed by atoms with Crippen molar-refractivity contribution in [2.45, 2.75) is 6.92 Å². The second-order valence-electron chi connectivity index (χ2n) is 5.05. The lowest BCUT2D eigenvalue weighted by molar-refractivity contribution is 0.340. The van der Waals surface area contributed by atoms with E-state index in [4.69, 9.17) is 27.8 Å². The fourth-order valence-electron chi connectivity index (χ4n) is 2.43. The first-order chi connectivity index (χ1) is 11.5. The van der Waals surface area contributed by atoms with Crippen molar-refractivity contribution < 1.29 is 4.74 Å². The second-order valence-corrected chi connectivity index (χ2v) is 6.66. The van der Waals surface area contributed by atoms with Crippen LogP contribution in [0.1, 0.15) is 6.92 Å². The molecule has 0 radical (unpaired) electrons. The predicted octanol–water partition coefficient (Wildman–Crippen LogP) is 4.26. The minimum absolute atomic E-state index is 0.0581. The number of benzene rings is 2. The molecular formula is C17H15IN4OS. The zero-order valence-electron chi connectivity index (χ0n) is 12.9. The number of amidine groups is 2. The lowest BCUT2D eigenvalue weighted by atomic mass is 10.3. The molecule has 0 saturated carbocycles. The average Bonchev–Trinajstić information content (AvgIpc) is 2.80. The molecular weight excluding hydrogens is 435 g/mol. The average molecular weight is 450 g/mol.